The maximum atomic E-state index is 12.3. The number of likely N-dealkylation sites (N-methyl/N-ethyl adjacent to an activating group) is 1. The molecule has 25 heavy (non-hydrogen) atoms. The fraction of sp³-hybridized carbons (Fsp3) is 0.263. The van der Waals surface area contributed by atoms with E-state index in [0.717, 1.165) is 10.5 Å². The zero-order chi connectivity index (χ0) is 18.2. The van der Waals surface area contributed by atoms with E-state index in [1.807, 2.05) is 44.3 Å². The van der Waals surface area contributed by atoms with Crippen LogP contribution in [0.15, 0.2) is 54.6 Å². The largest absolute Gasteiger partial charge is 0.347 e. The molecular weight excluding hydrogens is 338 g/mol. The molecule has 6 heteroatoms. The van der Waals surface area contributed by atoms with Crippen LogP contribution in [0.25, 0.3) is 0 Å². The van der Waals surface area contributed by atoms with Gasteiger partial charge in [0, 0.05) is 17.3 Å². The van der Waals surface area contributed by atoms with Crippen LogP contribution in [0.1, 0.15) is 12.5 Å². The van der Waals surface area contributed by atoms with Crippen LogP contribution < -0.4 is 15.5 Å². The van der Waals surface area contributed by atoms with Gasteiger partial charge in [-0.05, 0) is 36.8 Å². The summed E-state index contributed by atoms with van der Waals surface area (Å²) in [5.74, 6) is -0.233. The van der Waals surface area contributed by atoms with Gasteiger partial charge < -0.3 is 15.5 Å². The van der Waals surface area contributed by atoms with E-state index in [0.29, 0.717) is 17.3 Å². The first-order valence-electron chi connectivity index (χ1n) is 8.15. The van der Waals surface area contributed by atoms with E-state index in [4.69, 9.17) is 11.6 Å². The molecule has 0 spiro atoms. The molecule has 0 aliphatic rings. The van der Waals surface area contributed by atoms with Gasteiger partial charge in [0.2, 0.25) is 0 Å². The van der Waals surface area contributed by atoms with Gasteiger partial charge in [0.05, 0.1) is 7.05 Å². The molecule has 0 heterocycles. The van der Waals surface area contributed by atoms with E-state index in [1.165, 1.54) is 0 Å². The van der Waals surface area contributed by atoms with Gasteiger partial charge >= 0.3 is 0 Å². The maximum absolute atomic E-state index is 12.3. The van der Waals surface area contributed by atoms with E-state index in [-0.39, 0.29) is 24.4 Å². The molecule has 2 amide bonds. The standard InChI is InChI=1S/C19H22ClN3O2/c1-14(19(25)21-12-15-6-4-3-5-7-15)23(2)13-18(24)22-17-10-8-16(20)9-11-17/h3-11,14H,12-13H2,1-2H3,(H,21,25)(H,22,24)/p+1/t14-/m0/s1. The first kappa shape index (κ1) is 19.0. The lowest BCUT2D eigenvalue weighted by atomic mass is 10.2. The summed E-state index contributed by atoms with van der Waals surface area (Å²) in [5.41, 5.74) is 1.73. The zero-order valence-corrected chi connectivity index (χ0v) is 15.1. The van der Waals surface area contributed by atoms with Crippen molar-refractivity contribution in [2.24, 2.45) is 0 Å². The summed E-state index contributed by atoms with van der Waals surface area (Å²) in [6, 6.07) is 16.3. The van der Waals surface area contributed by atoms with Crippen LogP contribution in [0.5, 0.6) is 0 Å². The first-order valence-corrected chi connectivity index (χ1v) is 8.53. The number of carbonyl (C=O) groups excluding carboxylic acids is 2. The van der Waals surface area contributed by atoms with Gasteiger partial charge in [-0.2, -0.15) is 0 Å². The molecule has 5 nitrogen and oxygen atoms in total. The van der Waals surface area contributed by atoms with Crippen LogP contribution in [0.2, 0.25) is 5.02 Å². The lowest BCUT2D eigenvalue weighted by molar-refractivity contribution is -0.885. The second kappa shape index (κ2) is 9.20. The molecule has 0 saturated carbocycles. The summed E-state index contributed by atoms with van der Waals surface area (Å²) >= 11 is 5.82. The minimum atomic E-state index is -0.334. The van der Waals surface area contributed by atoms with E-state index >= 15 is 0 Å². The minimum Gasteiger partial charge on any atom is -0.347 e. The fourth-order valence-corrected chi connectivity index (χ4v) is 2.43. The number of carbonyl (C=O) groups is 2. The Balaban J connectivity index is 1.80. The Morgan fingerprint density at radius 2 is 1.72 bits per heavy atom. The predicted molar refractivity (Wildman–Crippen MR) is 99.6 cm³/mol. The van der Waals surface area contributed by atoms with Crippen molar-refractivity contribution in [3.8, 4) is 0 Å². The third-order valence-electron chi connectivity index (χ3n) is 4.01. The van der Waals surface area contributed by atoms with Crippen molar-refractivity contribution in [1.82, 2.24) is 5.32 Å². The highest BCUT2D eigenvalue weighted by Gasteiger charge is 2.23. The molecule has 0 aliphatic carbocycles. The average Bonchev–Trinajstić information content (AvgIpc) is 2.61. The summed E-state index contributed by atoms with van der Waals surface area (Å²) in [7, 11) is 1.83. The number of nitrogens with one attached hydrogen (secondary N) is 3. The third kappa shape index (κ3) is 6.21. The Bertz CT molecular complexity index is 704. The molecule has 0 saturated heterocycles. The monoisotopic (exact) mass is 360 g/mol. The fourth-order valence-electron chi connectivity index (χ4n) is 2.31. The Kier molecular flexibility index (Phi) is 6.98. The third-order valence-corrected chi connectivity index (χ3v) is 4.26. The Hall–Kier alpha value is -2.37. The minimum absolute atomic E-state index is 0.0827. The van der Waals surface area contributed by atoms with Gasteiger partial charge in [0.1, 0.15) is 0 Å². The first-order chi connectivity index (χ1) is 12.0. The summed E-state index contributed by atoms with van der Waals surface area (Å²) in [6.45, 7) is 2.49. The maximum Gasteiger partial charge on any atom is 0.279 e. The van der Waals surface area contributed by atoms with Crippen LogP contribution in [0.4, 0.5) is 5.69 Å². The Morgan fingerprint density at radius 3 is 2.36 bits per heavy atom. The van der Waals surface area contributed by atoms with E-state index in [1.54, 1.807) is 24.3 Å². The second-order valence-electron chi connectivity index (χ2n) is 6.00. The van der Waals surface area contributed by atoms with Crippen molar-refractivity contribution in [1.29, 1.82) is 0 Å². The smallest absolute Gasteiger partial charge is 0.279 e. The second-order valence-corrected chi connectivity index (χ2v) is 6.44. The highest BCUT2D eigenvalue weighted by Crippen LogP contribution is 2.12. The molecular formula is C19H23ClN3O2+. The van der Waals surface area contributed by atoms with E-state index in [9.17, 15) is 9.59 Å². The van der Waals surface area contributed by atoms with Gasteiger partial charge in [-0.15, -0.1) is 0 Å². The molecule has 2 aromatic carbocycles. The summed E-state index contributed by atoms with van der Waals surface area (Å²) in [6.07, 6.45) is 0. The summed E-state index contributed by atoms with van der Waals surface area (Å²) < 4.78 is 0. The molecule has 2 atom stereocenters. The Morgan fingerprint density at radius 1 is 1.08 bits per heavy atom. The van der Waals surface area contributed by atoms with Crippen LogP contribution in [-0.2, 0) is 16.1 Å². The molecule has 0 fully saturated rings. The number of halogens is 1. The molecule has 0 aliphatic heterocycles. The van der Waals surface area contributed by atoms with Crippen LogP contribution >= 0.6 is 11.6 Å². The summed E-state index contributed by atoms with van der Waals surface area (Å²) in [4.78, 5) is 25.2. The van der Waals surface area contributed by atoms with Crippen molar-refractivity contribution in [2.75, 3.05) is 18.9 Å². The lowest BCUT2D eigenvalue weighted by Crippen LogP contribution is -3.15. The van der Waals surface area contributed by atoms with Gasteiger partial charge in [-0.1, -0.05) is 41.9 Å². The normalized spacial score (nSPS) is 12.9. The zero-order valence-electron chi connectivity index (χ0n) is 14.4. The number of benzene rings is 2. The number of anilines is 1. The SMILES string of the molecule is C[C@@H](C(=O)NCc1ccccc1)[NH+](C)CC(=O)Nc1ccc(Cl)cc1. The van der Waals surface area contributed by atoms with Crippen molar-refractivity contribution < 1.29 is 14.5 Å². The predicted octanol–water partition coefficient (Wildman–Crippen LogP) is 1.50. The summed E-state index contributed by atoms with van der Waals surface area (Å²) in [5, 5.41) is 6.32. The molecule has 0 aromatic heterocycles. The average molecular weight is 361 g/mol. The molecule has 0 bridgehead atoms. The van der Waals surface area contributed by atoms with Crippen molar-refractivity contribution in [3.63, 3.8) is 0 Å². The number of hydrogen-bond acceptors (Lipinski definition) is 2. The molecule has 3 N–H and O–H groups in total. The van der Waals surface area contributed by atoms with E-state index < -0.39 is 0 Å². The van der Waals surface area contributed by atoms with Gasteiger partial charge in [-0.25, -0.2) is 0 Å². The van der Waals surface area contributed by atoms with Crippen LogP contribution in [0.3, 0.4) is 0 Å². The Labute approximate surface area is 153 Å². The van der Waals surface area contributed by atoms with Crippen LogP contribution in [-0.4, -0.2) is 31.4 Å². The van der Waals surface area contributed by atoms with Gasteiger partial charge in [0.25, 0.3) is 11.8 Å². The molecule has 2 rings (SSSR count). The number of rotatable bonds is 7. The highest BCUT2D eigenvalue weighted by molar-refractivity contribution is 6.30. The lowest BCUT2D eigenvalue weighted by Gasteiger charge is -2.20. The topological polar surface area (TPSA) is 62.6 Å². The number of amides is 2. The highest BCUT2D eigenvalue weighted by atomic mass is 35.5. The molecule has 2 aromatic rings. The van der Waals surface area contributed by atoms with E-state index in [2.05, 4.69) is 10.6 Å². The molecule has 1 unspecified atom stereocenters. The number of hydrogen-bond donors (Lipinski definition) is 3. The van der Waals surface area contributed by atoms with Crippen molar-refractivity contribution in [3.05, 3.63) is 65.2 Å². The van der Waals surface area contributed by atoms with Gasteiger partial charge in [-0.3, -0.25) is 9.59 Å². The van der Waals surface area contributed by atoms with Crippen LogP contribution in [0, 0.1) is 0 Å². The molecule has 0 radical (unpaired) electrons. The molecule has 132 valence electrons. The quantitative estimate of drug-likeness (QED) is 0.700. The number of quaternary nitrogens is 1. The van der Waals surface area contributed by atoms with Gasteiger partial charge in [0.15, 0.2) is 12.6 Å². The van der Waals surface area contributed by atoms with Crippen molar-refractivity contribution in [2.45, 2.75) is 19.5 Å². The van der Waals surface area contributed by atoms with Crippen molar-refractivity contribution >= 4 is 29.1 Å².